The van der Waals surface area contributed by atoms with Gasteiger partial charge in [-0.25, -0.2) is 4.79 Å². The molecule has 0 bridgehead atoms. The van der Waals surface area contributed by atoms with Crippen molar-refractivity contribution in [3.8, 4) is 28.1 Å². The van der Waals surface area contributed by atoms with Crippen molar-refractivity contribution in [2.24, 2.45) is 11.8 Å². The molecule has 0 N–H and O–H groups in total. The molecular weight excluding hydrogens is 428 g/mol. The first-order valence-electron chi connectivity index (χ1n) is 12.0. The predicted molar refractivity (Wildman–Crippen MR) is 133 cm³/mol. The molecule has 2 aromatic carbocycles. The molecule has 0 aliphatic heterocycles. The topological polar surface area (TPSA) is 62.6 Å². The molecule has 0 unspecified atom stereocenters. The zero-order valence-electron chi connectivity index (χ0n) is 20.3. The van der Waals surface area contributed by atoms with E-state index >= 15 is 0 Å². The lowest BCUT2D eigenvalue weighted by molar-refractivity contribution is -0.146. The average molecular weight is 463 g/mol. The number of nitrogens with zero attached hydrogens (tertiary/aromatic N) is 2. The summed E-state index contributed by atoms with van der Waals surface area (Å²) < 4.78 is 17.8. The molecule has 0 spiro atoms. The molecule has 6 heteroatoms. The van der Waals surface area contributed by atoms with Gasteiger partial charge in [0.25, 0.3) is 0 Å². The first-order valence-corrected chi connectivity index (χ1v) is 12.0. The Bertz CT molecular complexity index is 1090. The summed E-state index contributed by atoms with van der Waals surface area (Å²) in [7, 11) is 3.08. The number of hydrogen-bond acceptors (Lipinski definition) is 5. The molecule has 6 nitrogen and oxygen atoms in total. The largest absolute Gasteiger partial charge is 0.497 e. The molecule has 1 heterocycles. The lowest BCUT2D eigenvalue weighted by atomic mass is 9.82. The van der Waals surface area contributed by atoms with Gasteiger partial charge in [0.2, 0.25) is 0 Å². The van der Waals surface area contributed by atoms with Gasteiger partial charge in [0.1, 0.15) is 18.1 Å². The average Bonchev–Trinajstić information content (AvgIpc) is 3.21. The summed E-state index contributed by atoms with van der Waals surface area (Å²) in [4.78, 5) is 11.2. The number of methoxy groups -OCH3 is 2. The van der Waals surface area contributed by atoms with Crippen LogP contribution in [0.2, 0.25) is 0 Å². The second kappa shape index (κ2) is 11.3. The van der Waals surface area contributed by atoms with Crippen molar-refractivity contribution in [2.45, 2.75) is 39.2 Å². The molecule has 1 aromatic heterocycles. The third-order valence-electron chi connectivity index (χ3n) is 6.81. The second-order valence-electron chi connectivity index (χ2n) is 9.07. The minimum Gasteiger partial charge on any atom is -0.497 e. The summed E-state index contributed by atoms with van der Waals surface area (Å²) in [5.74, 6) is 1.62. The molecular formula is C28H34N2O4. The van der Waals surface area contributed by atoms with E-state index in [4.69, 9.17) is 14.6 Å². The smallest absolute Gasteiger partial charge is 0.331 e. The van der Waals surface area contributed by atoms with Gasteiger partial charge < -0.3 is 14.2 Å². The first kappa shape index (κ1) is 24.0. The van der Waals surface area contributed by atoms with E-state index in [1.54, 1.807) is 7.11 Å². The highest BCUT2D eigenvalue weighted by Gasteiger charge is 2.25. The summed E-state index contributed by atoms with van der Waals surface area (Å²) in [6.45, 7) is 3.74. The fraction of sp³-hybridized carbons (Fsp3) is 0.429. The van der Waals surface area contributed by atoms with Crippen molar-refractivity contribution in [3.63, 3.8) is 0 Å². The van der Waals surface area contributed by atoms with E-state index in [-0.39, 0.29) is 12.6 Å². The van der Waals surface area contributed by atoms with Gasteiger partial charge >= 0.3 is 5.97 Å². The monoisotopic (exact) mass is 462 g/mol. The van der Waals surface area contributed by atoms with Gasteiger partial charge in [-0.2, -0.15) is 5.10 Å². The van der Waals surface area contributed by atoms with E-state index < -0.39 is 0 Å². The molecule has 34 heavy (non-hydrogen) atoms. The zero-order valence-corrected chi connectivity index (χ0v) is 20.3. The minimum atomic E-state index is -0.316. The number of rotatable bonds is 9. The van der Waals surface area contributed by atoms with E-state index in [1.807, 2.05) is 18.2 Å². The second-order valence-corrected chi connectivity index (χ2v) is 9.07. The van der Waals surface area contributed by atoms with Crippen molar-refractivity contribution >= 4 is 5.97 Å². The highest BCUT2D eigenvalue weighted by Crippen LogP contribution is 2.37. The van der Waals surface area contributed by atoms with Crippen molar-refractivity contribution in [1.82, 2.24) is 9.78 Å². The van der Waals surface area contributed by atoms with E-state index in [1.165, 1.54) is 12.8 Å². The van der Waals surface area contributed by atoms with Crippen molar-refractivity contribution in [2.75, 3.05) is 27.4 Å². The zero-order chi connectivity index (χ0) is 23.9. The Kier molecular flexibility index (Phi) is 8.01. The minimum absolute atomic E-state index is 0.0399. The maximum atomic E-state index is 11.2. The van der Waals surface area contributed by atoms with Crippen LogP contribution >= 0.6 is 0 Å². The molecule has 1 saturated carbocycles. The fourth-order valence-corrected chi connectivity index (χ4v) is 4.84. The summed E-state index contributed by atoms with van der Waals surface area (Å²) in [5, 5.41) is 5.10. The van der Waals surface area contributed by atoms with Gasteiger partial charge in [-0.05, 0) is 62.1 Å². The Hall–Kier alpha value is -3.12. The first-order chi connectivity index (χ1) is 16.6. The molecule has 0 atom stereocenters. The van der Waals surface area contributed by atoms with Gasteiger partial charge in [-0.1, -0.05) is 42.5 Å². The molecule has 0 amide bonds. The highest BCUT2D eigenvalue weighted by molar-refractivity contribution is 5.83. The van der Waals surface area contributed by atoms with Crippen LogP contribution in [0.15, 0.2) is 54.6 Å². The van der Waals surface area contributed by atoms with Crippen LogP contribution in [-0.4, -0.2) is 43.2 Å². The highest BCUT2D eigenvalue weighted by atomic mass is 16.6. The van der Waals surface area contributed by atoms with Crippen LogP contribution in [0, 0.1) is 18.8 Å². The van der Waals surface area contributed by atoms with Crippen LogP contribution < -0.4 is 4.74 Å². The van der Waals surface area contributed by atoms with Crippen LogP contribution in [0.3, 0.4) is 0 Å². The van der Waals surface area contributed by atoms with Gasteiger partial charge in [0, 0.05) is 23.4 Å². The molecule has 1 aliphatic rings. The number of ether oxygens (including phenoxy) is 3. The lowest BCUT2D eigenvalue weighted by Crippen LogP contribution is -2.23. The molecule has 0 saturated heterocycles. The van der Waals surface area contributed by atoms with E-state index in [9.17, 15) is 4.79 Å². The van der Waals surface area contributed by atoms with Gasteiger partial charge in [-0.3, -0.25) is 4.68 Å². The van der Waals surface area contributed by atoms with E-state index in [2.05, 4.69) is 52.7 Å². The Labute approximate surface area is 201 Å². The Morgan fingerprint density at radius 3 is 2.38 bits per heavy atom. The third-order valence-corrected chi connectivity index (χ3v) is 6.81. The van der Waals surface area contributed by atoms with E-state index in [0.717, 1.165) is 60.4 Å². The normalized spacial score (nSPS) is 18.0. The van der Waals surface area contributed by atoms with Crippen LogP contribution in [0.4, 0.5) is 0 Å². The maximum Gasteiger partial charge on any atom is 0.331 e. The van der Waals surface area contributed by atoms with Crippen LogP contribution in [0.5, 0.6) is 5.75 Å². The van der Waals surface area contributed by atoms with Gasteiger partial charge in [-0.15, -0.1) is 0 Å². The Morgan fingerprint density at radius 1 is 0.971 bits per heavy atom. The number of hydrogen-bond donors (Lipinski definition) is 0. The van der Waals surface area contributed by atoms with E-state index in [0.29, 0.717) is 18.4 Å². The number of carbonyl (C=O) groups is 1. The standard InChI is InChI=1S/C28H34N2O4/c1-20-27(24-10-7-11-25(16-24)32-2)28(23-8-5-4-6-9-23)29-30(20)17-21-12-14-22(15-13-21)18-34-19-26(31)33-3/h4-11,16,21-22H,12-15,17-19H2,1-3H3. The predicted octanol–water partition coefficient (Wildman–Crippen LogP) is 5.53. The van der Waals surface area contributed by atoms with Crippen LogP contribution in [0.25, 0.3) is 22.4 Å². The summed E-state index contributed by atoms with van der Waals surface area (Å²) in [5.41, 5.74) is 5.59. The number of benzene rings is 2. The Balaban J connectivity index is 1.50. The van der Waals surface area contributed by atoms with Crippen LogP contribution in [0.1, 0.15) is 31.4 Å². The molecule has 180 valence electrons. The summed E-state index contributed by atoms with van der Waals surface area (Å²) in [6, 6.07) is 18.6. The molecule has 1 fully saturated rings. The number of carbonyl (C=O) groups excluding carboxylic acids is 1. The maximum absolute atomic E-state index is 11.2. The summed E-state index contributed by atoms with van der Waals surface area (Å²) in [6.07, 6.45) is 4.50. The molecule has 4 rings (SSSR count). The summed E-state index contributed by atoms with van der Waals surface area (Å²) >= 11 is 0. The molecule has 0 radical (unpaired) electrons. The van der Waals surface area contributed by atoms with Gasteiger partial charge in [0.15, 0.2) is 0 Å². The quantitative estimate of drug-likeness (QED) is 0.391. The molecule has 3 aromatic rings. The van der Waals surface area contributed by atoms with Crippen molar-refractivity contribution in [3.05, 3.63) is 60.3 Å². The fourth-order valence-electron chi connectivity index (χ4n) is 4.84. The van der Waals surface area contributed by atoms with Gasteiger partial charge in [0.05, 0.1) is 20.8 Å². The Morgan fingerprint density at radius 2 is 1.68 bits per heavy atom. The number of esters is 1. The molecule has 1 aliphatic carbocycles. The van der Waals surface area contributed by atoms with Crippen molar-refractivity contribution < 1.29 is 19.0 Å². The third kappa shape index (κ3) is 5.68. The number of aromatic nitrogens is 2. The van der Waals surface area contributed by atoms with Crippen molar-refractivity contribution in [1.29, 1.82) is 0 Å². The SMILES string of the molecule is COC(=O)COCC1CCC(Cn2nc(-c3ccccc3)c(-c3cccc(OC)c3)c2C)CC1. The van der Waals surface area contributed by atoms with Crippen LogP contribution in [-0.2, 0) is 20.8 Å². The lowest BCUT2D eigenvalue weighted by Gasteiger charge is -2.28.